The van der Waals surface area contributed by atoms with Crippen LogP contribution < -0.4 is 0 Å². The van der Waals surface area contributed by atoms with Gasteiger partial charge < -0.3 is 9.64 Å². The second-order valence-corrected chi connectivity index (χ2v) is 5.33. The molecule has 0 spiro atoms. The summed E-state index contributed by atoms with van der Waals surface area (Å²) in [6.45, 7) is 0.591. The van der Waals surface area contributed by atoms with Gasteiger partial charge in [-0.15, -0.1) is 0 Å². The van der Waals surface area contributed by atoms with E-state index in [1.54, 1.807) is 35.5 Å². The zero-order valence-corrected chi connectivity index (χ0v) is 13.9. The van der Waals surface area contributed by atoms with Crippen LogP contribution in [-0.2, 0) is 20.9 Å². The van der Waals surface area contributed by atoms with Gasteiger partial charge in [0.2, 0.25) is 5.91 Å². The molecule has 1 aromatic carbocycles. The second-order valence-electron chi connectivity index (χ2n) is 5.33. The van der Waals surface area contributed by atoms with Crippen molar-refractivity contribution < 1.29 is 18.7 Å². The van der Waals surface area contributed by atoms with Crippen LogP contribution in [0.15, 0.2) is 54.9 Å². The number of hydrogen-bond donors (Lipinski definition) is 0. The summed E-state index contributed by atoms with van der Waals surface area (Å²) in [6.07, 6.45) is 6.42. The van der Waals surface area contributed by atoms with Crippen molar-refractivity contribution >= 4 is 18.0 Å². The molecule has 2 rings (SSSR count). The maximum Gasteiger partial charge on any atom is 0.307 e. The summed E-state index contributed by atoms with van der Waals surface area (Å²) in [7, 11) is 1.31. The van der Waals surface area contributed by atoms with E-state index in [0.29, 0.717) is 12.1 Å². The molecule has 0 bridgehead atoms. The summed E-state index contributed by atoms with van der Waals surface area (Å²) in [5.41, 5.74) is 1.62. The molecule has 0 saturated carbocycles. The average Bonchev–Trinajstić information content (AvgIpc) is 2.64. The fourth-order valence-electron chi connectivity index (χ4n) is 2.15. The van der Waals surface area contributed by atoms with E-state index in [4.69, 9.17) is 0 Å². The van der Waals surface area contributed by atoms with Gasteiger partial charge in [-0.05, 0) is 41.5 Å². The lowest BCUT2D eigenvalue weighted by Gasteiger charge is -2.20. The summed E-state index contributed by atoms with van der Waals surface area (Å²) < 4.78 is 17.5. The van der Waals surface area contributed by atoms with Crippen LogP contribution in [0.5, 0.6) is 0 Å². The van der Waals surface area contributed by atoms with Crippen molar-refractivity contribution in [2.75, 3.05) is 13.7 Å². The molecule has 0 radical (unpaired) electrons. The van der Waals surface area contributed by atoms with E-state index in [0.717, 1.165) is 5.56 Å². The smallest absolute Gasteiger partial charge is 0.307 e. The number of esters is 1. The van der Waals surface area contributed by atoms with Gasteiger partial charge in [-0.3, -0.25) is 14.6 Å². The van der Waals surface area contributed by atoms with Gasteiger partial charge in [0.1, 0.15) is 5.82 Å². The summed E-state index contributed by atoms with van der Waals surface area (Å²) >= 11 is 0. The molecule has 0 aliphatic heterocycles. The molecule has 0 aliphatic rings. The first-order chi connectivity index (χ1) is 12.1. The highest BCUT2D eigenvalue weighted by Gasteiger charge is 2.13. The number of methoxy groups -OCH3 is 1. The lowest BCUT2D eigenvalue weighted by atomic mass is 10.2. The molecular formula is C19H19FN2O3. The van der Waals surface area contributed by atoms with Gasteiger partial charge in [0, 0.05) is 31.6 Å². The molecule has 0 unspecified atom stereocenters. The van der Waals surface area contributed by atoms with Crippen molar-refractivity contribution in [3.8, 4) is 0 Å². The van der Waals surface area contributed by atoms with Crippen molar-refractivity contribution in [3.63, 3.8) is 0 Å². The number of carbonyl (C=O) groups excluding carboxylic acids is 2. The van der Waals surface area contributed by atoms with E-state index >= 15 is 0 Å². The number of pyridine rings is 1. The molecule has 130 valence electrons. The van der Waals surface area contributed by atoms with Crippen LogP contribution in [0.3, 0.4) is 0 Å². The molecule has 25 heavy (non-hydrogen) atoms. The standard InChI is InChI=1S/C19H19FN2O3/c1-25-19(24)10-13-22(14-16-8-11-21-12-9-16)18(23)7-4-15-2-5-17(20)6-3-15/h2-9,11-12H,10,13-14H2,1H3/b7-4+. The number of carbonyl (C=O) groups is 2. The Hall–Kier alpha value is -3.02. The Morgan fingerprint density at radius 3 is 2.48 bits per heavy atom. The monoisotopic (exact) mass is 342 g/mol. The summed E-state index contributed by atoms with van der Waals surface area (Å²) in [5, 5.41) is 0. The number of amides is 1. The predicted octanol–water partition coefficient (Wildman–Crippen LogP) is 2.83. The fraction of sp³-hybridized carbons (Fsp3) is 0.211. The number of rotatable bonds is 7. The van der Waals surface area contributed by atoms with Gasteiger partial charge in [0.25, 0.3) is 0 Å². The highest BCUT2D eigenvalue weighted by molar-refractivity contribution is 5.92. The lowest BCUT2D eigenvalue weighted by Crippen LogP contribution is -2.31. The van der Waals surface area contributed by atoms with Gasteiger partial charge in [-0.2, -0.15) is 0 Å². The van der Waals surface area contributed by atoms with Gasteiger partial charge in [-0.25, -0.2) is 4.39 Å². The zero-order valence-electron chi connectivity index (χ0n) is 13.9. The molecule has 0 atom stereocenters. The summed E-state index contributed by atoms with van der Waals surface area (Å²) in [5.74, 6) is -0.957. The summed E-state index contributed by atoms with van der Waals surface area (Å²) in [4.78, 5) is 29.4. The Balaban J connectivity index is 2.07. The molecule has 1 heterocycles. The van der Waals surface area contributed by atoms with Gasteiger partial charge in [-0.1, -0.05) is 12.1 Å². The van der Waals surface area contributed by atoms with E-state index in [2.05, 4.69) is 9.72 Å². The lowest BCUT2D eigenvalue weighted by molar-refractivity contribution is -0.141. The minimum atomic E-state index is -0.380. The third-order valence-electron chi connectivity index (χ3n) is 3.54. The zero-order chi connectivity index (χ0) is 18.1. The number of ether oxygens (including phenoxy) is 1. The fourth-order valence-corrected chi connectivity index (χ4v) is 2.15. The van der Waals surface area contributed by atoms with Gasteiger partial charge in [0.05, 0.1) is 13.5 Å². The molecular weight excluding hydrogens is 323 g/mol. The minimum absolute atomic E-state index is 0.109. The first-order valence-electron chi connectivity index (χ1n) is 7.77. The molecule has 1 amide bonds. The predicted molar refractivity (Wildman–Crippen MR) is 91.7 cm³/mol. The van der Waals surface area contributed by atoms with Crippen molar-refractivity contribution in [1.82, 2.24) is 9.88 Å². The van der Waals surface area contributed by atoms with Crippen LogP contribution in [-0.4, -0.2) is 35.4 Å². The van der Waals surface area contributed by atoms with Crippen molar-refractivity contribution in [2.24, 2.45) is 0 Å². The highest BCUT2D eigenvalue weighted by Crippen LogP contribution is 2.08. The molecule has 0 N–H and O–H groups in total. The highest BCUT2D eigenvalue weighted by atomic mass is 19.1. The van der Waals surface area contributed by atoms with Crippen LogP contribution in [0.25, 0.3) is 6.08 Å². The molecule has 0 fully saturated rings. The Bertz CT molecular complexity index is 730. The minimum Gasteiger partial charge on any atom is -0.469 e. The van der Waals surface area contributed by atoms with Crippen LogP contribution in [0.2, 0.25) is 0 Å². The molecule has 6 heteroatoms. The molecule has 0 saturated heterocycles. The number of nitrogens with zero attached hydrogens (tertiary/aromatic N) is 2. The van der Waals surface area contributed by atoms with E-state index in [-0.39, 0.29) is 30.7 Å². The largest absolute Gasteiger partial charge is 0.469 e. The number of aromatic nitrogens is 1. The third kappa shape index (κ3) is 6.18. The van der Waals surface area contributed by atoms with Crippen molar-refractivity contribution in [3.05, 3.63) is 71.8 Å². The Labute approximate surface area is 145 Å². The molecule has 1 aromatic heterocycles. The van der Waals surface area contributed by atoms with Gasteiger partial charge in [0.15, 0.2) is 0 Å². The van der Waals surface area contributed by atoms with Crippen LogP contribution in [0.1, 0.15) is 17.5 Å². The number of halogens is 1. The van der Waals surface area contributed by atoms with Crippen molar-refractivity contribution in [1.29, 1.82) is 0 Å². The maximum absolute atomic E-state index is 12.9. The number of benzene rings is 1. The molecule has 2 aromatic rings. The normalized spacial score (nSPS) is 10.6. The summed E-state index contributed by atoms with van der Waals surface area (Å²) in [6, 6.07) is 9.44. The Morgan fingerprint density at radius 1 is 1.16 bits per heavy atom. The first kappa shape index (κ1) is 18.3. The van der Waals surface area contributed by atoms with E-state index in [9.17, 15) is 14.0 Å². The quantitative estimate of drug-likeness (QED) is 0.573. The second kappa shape index (κ2) is 9.32. The van der Waals surface area contributed by atoms with Gasteiger partial charge >= 0.3 is 5.97 Å². The average molecular weight is 342 g/mol. The van der Waals surface area contributed by atoms with Crippen LogP contribution in [0.4, 0.5) is 4.39 Å². The molecule has 0 aliphatic carbocycles. The first-order valence-corrected chi connectivity index (χ1v) is 7.77. The van der Waals surface area contributed by atoms with Crippen molar-refractivity contribution in [2.45, 2.75) is 13.0 Å². The maximum atomic E-state index is 12.9. The van der Waals surface area contributed by atoms with E-state index in [1.807, 2.05) is 12.1 Å². The van der Waals surface area contributed by atoms with E-state index in [1.165, 1.54) is 25.3 Å². The SMILES string of the molecule is COC(=O)CCN(Cc1ccncc1)C(=O)/C=C/c1ccc(F)cc1. The Morgan fingerprint density at radius 2 is 1.84 bits per heavy atom. The topological polar surface area (TPSA) is 59.5 Å². The van der Waals surface area contributed by atoms with E-state index < -0.39 is 0 Å². The van der Waals surface area contributed by atoms with Crippen LogP contribution in [0, 0.1) is 5.82 Å². The number of hydrogen-bond acceptors (Lipinski definition) is 4. The third-order valence-corrected chi connectivity index (χ3v) is 3.54. The molecule has 5 nitrogen and oxygen atoms in total. The Kier molecular flexibility index (Phi) is 6.83. The van der Waals surface area contributed by atoms with Crippen LogP contribution >= 0.6 is 0 Å².